The number of nitrogens with zero attached hydrogens (tertiary/aromatic N) is 2. The number of rotatable bonds is 4. The smallest absolute Gasteiger partial charge is 0.357 e. The van der Waals surface area contributed by atoms with E-state index in [0.717, 1.165) is 5.56 Å². The molecule has 1 aromatic heterocycles. The molecule has 0 saturated heterocycles. The summed E-state index contributed by atoms with van der Waals surface area (Å²) in [5.41, 5.74) is 1.34. The molecule has 0 aliphatic carbocycles. The largest absolute Gasteiger partial charge is 0.493 e. The Hall–Kier alpha value is -2.30. The van der Waals surface area contributed by atoms with Gasteiger partial charge in [0.25, 0.3) is 0 Å². The Labute approximate surface area is 105 Å². The molecule has 5 nitrogen and oxygen atoms in total. The van der Waals surface area contributed by atoms with Crippen LogP contribution in [0.15, 0.2) is 30.5 Å². The first-order valence-corrected chi connectivity index (χ1v) is 5.62. The molecule has 0 unspecified atom stereocenters. The van der Waals surface area contributed by atoms with Crippen molar-refractivity contribution in [1.29, 1.82) is 0 Å². The number of aryl methyl sites for hydroxylation is 1. The minimum Gasteiger partial charge on any atom is -0.493 e. The number of aromatic nitrogens is 2. The highest BCUT2D eigenvalue weighted by Gasteiger charge is 2.18. The summed E-state index contributed by atoms with van der Waals surface area (Å²) in [4.78, 5) is 11.2. The third-order valence-electron chi connectivity index (χ3n) is 2.51. The highest BCUT2D eigenvalue weighted by Crippen LogP contribution is 2.31. The second kappa shape index (κ2) is 4.91. The molecule has 0 fully saturated rings. The van der Waals surface area contributed by atoms with E-state index in [1.165, 1.54) is 4.68 Å². The predicted molar refractivity (Wildman–Crippen MR) is 66.8 cm³/mol. The Morgan fingerprint density at radius 1 is 1.39 bits per heavy atom. The zero-order valence-electron chi connectivity index (χ0n) is 10.3. The summed E-state index contributed by atoms with van der Waals surface area (Å²) in [7, 11) is 1.69. The van der Waals surface area contributed by atoms with Crippen molar-refractivity contribution in [3.63, 3.8) is 0 Å². The lowest BCUT2D eigenvalue weighted by Crippen LogP contribution is -2.01. The minimum absolute atomic E-state index is 0.0321. The molecule has 1 N–H and O–H groups in total. The van der Waals surface area contributed by atoms with Crippen LogP contribution in [0.2, 0.25) is 0 Å². The van der Waals surface area contributed by atoms with Gasteiger partial charge in [-0.2, -0.15) is 5.10 Å². The molecule has 94 valence electrons. The fraction of sp³-hybridized carbons (Fsp3) is 0.231. The first kappa shape index (κ1) is 12.2. The van der Waals surface area contributed by atoms with E-state index in [2.05, 4.69) is 5.10 Å². The van der Waals surface area contributed by atoms with Crippen molar-refractivity contribution < 1.29 is 14.6 Å². The molecular formula is C13H14N2O3. The number of carboxylic acids is 1. The molecule has 1 heterocycles. The maximum atomic E-state index is 11.2. The van der Waals surface area contributed by atoms with Crippen molar-refractivity contribution in [2.45, 2.75) is 6.92 Å². The van der Waals surface area contributed by atoms with Crippen LogP contribution in [-0.2, 0) is 7.05 Å². The van der Waals surface area contributed by atoms with E-state index in [-0.39, 0.29) is 5.69 Å². The summed E-state index contributed by atoms with van der Waals surface area (Å²) in [5, 5.41) is 13.1. The summed E-state index contributed by atoms with van der Waals surface area (Å²) < 4.78 is 6.99. The summed E-state index contributed by atoms with van der Waals surface area (Å²) in [6.45, 7) is 2.41. The van der Waals surface area contributed by atoms with Crippen molar-refractivity contribution >= 4 is 5.97 Å². The average molecular weight is 246 g/mol. The fourth-order valence-corrected chi connectivity index (χ4v) is 1.81. The van der Waals surface area contributed by atoms with Crippen LogP contribution in [0.5, 0.6) is 5.75 Å². The van der Waals surface area contributed by atoms with Crippen molar-refractivity contribution in [3.8, 4) is 16.9 Å². The summed E-state index contributed by atoms with van der Waals surface area (Å²) in [6.07, 6.45) is 1.68. The van der Waals surface area contributed by atoms with Gasteiger partial charge >= 0.3 is 5.97 Å². The Morgan fingerprint density at radius 3 is 2.78 bits per heavy atom. The SMILES string of the molecule is CCOc1ccccc1-c1cn(C)nc1C(=O)O. The van der Waals surface area contributed by atoms with Gasteiger partial charge in [0.1, 0.15) is 5.75 Å². The van der Waals surface area contributed by atoms with Crippen molar-refractivity contribution in [2.24, 2.45) is 7.05 Å². The molecule has 18 heavy (non-hydrogen) atoms. The van der Waals surface area contributed by atoms with Gasteiger partial charge in [0.2, 0.25) is 0 Å². The third-order valence-corrected chi connectivity index (χ3v) is 2.51. The van der Waals surface area contributed by atoms with Gasteiger partial charge in [-0.3, -0.25) is 4.68 Å². The molecule has 0 saturated carbocycles. The molecule has 5 heteroatoms. The van der Waals surface area contributed by atoms with Crippen LogP contribution >= 0.6 is 0 Å². The monoisotopic (exact) mass is 246 g/mol. The van der Waals surface area contributed by atoms with Gasteiger partial charge in [-0.05, 0) is 13.0 Å². The van der Waals surface area contributed by atoms with E-state index in [9.17, 15) is 4.79 Å². The van der Waals surface area contributed by atoms with Gasteiger partial charge < -0.3 is 9.84 Å². The van der Waals surface area contributed by atoms with Gasteiger partial charge in [0.05, 0.1) is 6.61 Å². The van der Waals surface area contributed by atoms with Crippen LogP contribution in [0.25, 0.3) is 11.1 Å². The van der Waals surface area contributed by atoms with Crippen LogP contribution in [0.4, 0.5) is 0 Å². The Kier molecular flexibility index (Phi) is 3.32. The van der Waals surface area contributed by atoms with Crippen LogP contribution < -0.4 is 4.74 Å². The van der Waals surface area contributed by atoms with Gasteiger partial charge in [-0.15, -0.1) is 0 Å². The van der Waals surface area contributed by atoms with Crippen LogP contribution in [0.3, 0.4) is 0 Å². The van der Waals surface area contributed by atoms with Gasteiger partial charge in [0, 0.05) is 24.4 Å². The highest BCUT2D eigenvalue weighted by atomic mass is 16.5. The molecule has 2 rings (SSSR count). The molecule has 1 aromatic carbocycles. The fourth-order valence-electron chi connectivity index (χ4n) is 1.81. The third kappa shape index (κ3) is 2.20. The minimum atomic E-state index is -1.04. The first-order valence-electron chi connectivity index (χ1n) is 5.62. The normalized spacial score (nSPS) is 10.3. The zero-order valence-corrected chi connectivity index (χ0v) is 10.3. The zero-order chi connectivity index (χ0) is 13.1. The summed E-state index contributed by atoms with van der Waals surface area (Å²) in [5.74, 6) is -0.382. The maximum Gasteiger partial charge on any atom is 0.357 e. The Bertz CT molecular complexity index is 575. The number of aromatic carboxylic acids is 1. The summed E-state index contributed by atoms with van der Waals surface area (Å²) >= 11 is 0. The lowest BCUT2D eigenvalue weighted by atomic mass is 10.1. The summed E-state index contributed by atoms with van der Waals surface area (Å²) in [6, 6.07) is 7.34. The van der Waals surface area contributed by atoms with E-state index in [4.69, 9.17) is 9.84 Å². The van der Waals surface area contributed by atoms with E-state index in [0.29, 0.717) is 17.9 Å². The van der Waals surface area contributed by atoms with Crippen molar-refractivity contribution in [1.82, 2.24) is 9.78 Å². The molecule has 0 atom stereocenters. The number of carbonyl (C=O) groups is 1. The quantitative estimate of drug-likeness (QED) is 0.898. The van der Waals surface area contributed by atoms with Crippen molar-refractivity contribution in [2.75, 3.05) is 6.61 Å². The molecule has 0 aliphatic heterocycles. The number of carboxylic acid groups (broad SMARTS) is 1. The van der Waals surface area contributed by atoms with Gasteiger partial charge in [0.15, 0.2) is 5.69 Å². The first-order chi connectivity index (χ1) is 8.63. The van der Waals surface area contributed by atoms with Crippen LogP contribution in [0.1, 0.15) is 17.4 Å². The van der Waals surface area contributed by atoms with Crippen LogP contribution in [-0.4, -0.2) is 27.5 Å². The Balaban J connectivity index is 2.58. The topological polar surface area (TPSA) is 64.4 Å². The van der Waals surface area contributed by atoms with Gasteiger partial charge in [-0.25, -0.2) is 4.79 Å². The lowest BCUT2D eigenvalue weighted by molar-refractivity contribution is 0.0690. The maximum absolute atomic E-state index is 11.2. The van der Waals surface area contributed by atoms with E-state index < -0.39 is 5.97 Å². The molecule has 0 radical (unpaired) electrons. The highest BCUT2D eigenvalue weighted by molar-refractivity contribution is 5.94. The number of hydrogen-bond acceptors (Lipinski definition) is 3. The molecule has 0 amide bonds. The number of benzene rings is 1. The second-order valence-electron chi connectivity index (χ2n) is 3.80. The molecule has 2 aromatic rings. The van der Waals surface area contributed by atoms with E-state index in [1.54, 1.807) is 13.2 Å². The lowest BCUT2D eigenvalue weighted by Gasteiger charge is -2.08. The molecule has 0 aliphatic rings. The number of ether oxygens (including phenoxy) is 1. The van der Waals surface area contributed by atoms with Crippen LogP contribution in [0, 0.1) is 0 Å². The van der Waals surface area contributed by atoms with E-state index >= 15 is 0 Å². The number of para-hydroxylation sites is 1. The average Bonchev–Trinajstić information content (AvgIpc) is 2.72. The predicted octanol–water partition coefficient (Wildman–Crippen LogP) is 2.18. The Morgan fingerprint density at radius 2 is 2.11 bits per heavy atom. The second-order valence-corrected chi connectivity index (χ2v) is 3.80. The molecule has 0 bridgehead atoms. The van der Waals surface area contributed by atoms with E-state index in [1.807, 2.05) is 31.2 Å². The van der Waals surface area contributed by atoms with Crippen molar-refractivity contribution in [3.05, 3.63) is 36.2 Å². The number of hydrogen-bond donors (Lipinski definition) is 1. The molecule has 0 spiro atoms. The van der Waals surface area contributed by atoms with Gasteiger partial charge in [-0.1, -0.05) is 18.2 Å². The standard InChI is InChI=1S/C13H14N2O3/c1-3-18-11-7-5-4-6-9(11)10-8-15(2)14-12(10)13(16)17/h4-8H,3H2,1-2H3,(H,16,17). The molecular weight excluding hydrogens is 232 g/mol.